The van der Waals surface area contributed by atoms with Crippen LogP contribution < -0.4 is 10.1 Å². The number of nitrogens with zero attached hydrogens (tertiary/aromatic N) is 1. The van der Waals surface area contributed by atoms with Gasteiger partial charge in [0.1, 0.15) is 17.3 Å². The first-order valence-corrected chi connectivity index (χ1v) is 10.6. The van der Waals surface area contributed by atoms with Crippen LogP contribution in [0.25, 0.3) is 10.8 Å². The molecule has 0 atom stereocenters. The molecule has 1 aliphatic rings. The molecule has 2 N–H and O–H groups in total. The normalized spacial score (nSPS) is 14.6. The Morgan fingerprint density at radius 1 is 1.00 bits per heavy atom. The van der Waals surface area contributed by atoms with Crippen molar-refractivity contribution >= 4 is 22.6 Å². The highest BCUT2D eigenvalue weighted by molar-refractivity contribution is 5.97. The topological polar surface area (TPSA) is 71.5 Å². The number of aromatic carboxylic acids is 1. The summed E-state index contributed by atoms with van der Waals surface area (Å²) in [5.74, 6) is 0.00307. The van der Waals surface area contributed by atoms with E-state index in [9.17, 15) is 18.0 Å². The third kappa shape index (κ3) is 4.14. The Hall–Kier alpha value is -4.07. The Kier molecular flexibility index (Phi) is 5.16. The van der Waals surface area contributed by atoms with E-state index in [1.807, 2.05) is 6.07 Å². The lowest BCUT2D eigenvalue weighted by Crippen LogP contribution is -2.20. The molecule has 4 aromatic rings. The van der Waals surface area contributed by atoms with Gasteiger partial charge in [-0.1, -0.05) is 30.3 Å². The maximum absolute atomic E-state index is 13.1. The number of carboxylic acids is 1. The van der Waals surface area contributed by atoms with E-state index in [4.69, 9.17) is 9.84 Å². The summed E-state index contributed by atoms with van der Waals surface area (Å²) in [6, 6.07) is 18.6. The summed E-state index contributed by atoms with van der Waals surface area (Å²) in [5, 5.41) is 14.1. The van der Waals surface area contributed by atoms with Crippen molar-refractivity contribution < 1.29 is 27.8 Å². The van der Waals surface area contributed by atoms with Crippen LogP contribution in [0.2, 0.25) is 0 Å². The first-order chi connectivity index (χ1) is 16.2. The largest absolute Gasteiger partial charge is 0.478 e. The molecule has 5 nitrogen and oxygen atoms in total. The first kappa shape index (κ1) is 21.8. The highest BCUT2D eigenvalue weighted by Crippen LogP contribution is 2.49. The van der Waals surface area contributed by atoms with Gasteiger partial charge >= 0.3 is 12.1 Å². The van der Waals surface area contributed by atoms with Crippen LogP contribution in [0.4, 0.5) is 19.0 Å². The SMILES string of the molecule is O=C(O)c1ccc(C2(Nc3nccc4cccc(Oc5cccc(C(F)(F)F)c5)c34)CC2)cc1. The fraction of sp³-hybridized carbons (Fsp3) is 0.154. The number of ether oxygens (including phenoxy) is 1. The standard InChI is InChI=1S/C26H19F3N2O3/c27-26(28,29)19-4-2-5-20(15-19)34-21-6-1-3-16-11-14-30-23(22(16)21)31-25(12-13-25)18-9-7-17(8-10-18)24(32)33/h1-11,14-15H,12-13H2,(H,30,31)(H,32,33). The number of anilines is 1. The van der Waals surface area contributed by atoms with Gasteiger partial charge in [0.2, 0.25) is 0 Å². The van der Waals surface area contributed by atoms with Crippen LogP contribution in [0.15, 0.2) is 79.0 Å². The van der Waals surface area contributed by atoms with Gasteiger partial charge in [-0.25, -0.2) is 9.78 Å². The number of hydrogen-bond donors (Lipinski definition) is 2. The average molecular weight is 464 g/mol. The van der Waals surface area contributed by atoms with Crippen molar-refractivity contribution in [2.75, 3.05) is 5.32 Å². The summed E-state index contributed by atoms with van der Waals surface area (Å²) in [4.78, 5) is 15.7. The highest BCUT2D eigenvalue weighted by Gasteiger charge is 2.45. The quantitative estimate of drug-likeness (QED) is 0.327. The lowest BCUT2D eigenvalue weighted by atomic mass is 10.0. The molecule has 1 saturated carbocycles. The molecular formula is C26H19F3N2O3. The number of pyridine rings is 1. The number of halogens is 3. The van der Waals surface area contributed by atoms with Gasteiger partial charge in [0.25, 0.3) is 0 Å². The van der Waals surface area contributed by atoms with Crippen LogP contribution >= 0.6 is 0 Å². The fourth-order valence-electron chi connectivity index (χ4n) is 4.01. The molecule has 172 valence electrons. The first-order valence-electron chi connectivity index (χ1n) is 10.6. The molecule has 0 spiro atoms. The third-order valence-corrected chi connectivity index (χ3v) is 5.93. The van der Waals surface area contributed by atoms with Crippen molar-refractivity contribution in [1.82, 2.24) is 4.98 Å². The highest BCUT2D eigenvalue weighted by atomic mass is 19.4. The van der Waals surface area contributed by atoms with Gasteiger partial charge in [-0.15, -0.1) is 0 Å². The summed E-state index contributed by atoms with van der Waals surface area (Å²) in [6.45, 7) is 0. The summed E-state index contributed by atoms with van der Waals surface area (Å²) in [6.07, 6.45) is -1.16. The molecule has 0 aliphatic heterocycles. The number of carbonyl (C=O) groups is 1. The van der Waals surface area contributed by atoms with E-state index in [-0.39, 0.29) is 11.3 Å². The Morgan fingerprint density at radius 2 is 1.74 bits per heavy atom. The maximum Gasteiger partial charge on any atom is 0.416 e. The Labute approximate surface area is 192 Å². The third-order valence-electron chi connectivity index (χ3n) is 5.93. The number of rotatable bonds is 6. The molecule has 34 heavy (non-hydrogen) atoms. The minimum Gasteiger partial charge on any atom is -0.478 e. The molecule has 1 heterocycles. The maximum atomic E-state index is 13.1. The molecule has 0 saturated heterocycles. The molecule has 0 bridgehead atoms. The van der Waals surface area contributed by atoms with Crippen LogP contribution in [0.3, 0.4) is 0 Å². The molecular weight excluding hydrogens is 445 g/mol. The van der Waals surface area contributed by atoms with Crippen LogP contribution in [0.5, 0.6) is 11.5 Å². The van der Waals surface area contributed by atoms with E-state index in [1.165, 1.54) is 12.1 Å². The minimum absolute atomic E-state index is 0.0718. The van der Waals surface area contributed by atoms with E-state index in [1.54, 1.807) is 48.7 Å². The zero-order chi connectivity index (χ0) is 23.9. The summed E-state index contributed by atoms with van der Waals surface area (Å²) < 4.78 is 45.3. The van der Waals surface area contributed by atoms with Crippen molar-refractivity contribution in [3.63, 3.8) is 0 Å². The van der Waals surface area contributed by atoms with Crippen molar-refractivity contribution in [3.05, 3.63) is 95.7 Å². The predicted octanol–water partition coefficient (Wildman–Crippen LogP) is 6.85. The molecule has 1 aromatic heterocycles. The second-order valence-corrected chi connectivity index (χ2v) is 8.23. The van der Waals surface area contributed by atoms with Crippen LogP contribution in [-0.2, 0) is 11.7 Å². The van der Waals surface area contributed by atoms with Gasteiger partial charge in [-0.3, -0.25) is 0 Å². The van der Waals surface area contributed by atoms with Gasteiger partial charge < -0.3 is 15.2 Å². The second-order valence-electron chi connectivity index (χ2n) is 8.23. The molecule has 8 heteroatoms. The van der Waals surface area contributed by atoms with E-state index < -0.39 is 23.2 Å². The number of fused-ring (bicyclic) bond motifs is 1. The Bertz CT molecular complexity index is 1380. The van der Waals surface area contributed by atoms with Gasteiger partial charge in [-0.05, 0) is 66.3 Å². The Balaban J connectivity index is 1.51. The van der Waals surface area contributed by atoms with Gasteiger partial charge in [0.05, 0.1) is 22.1 Å². The van der Waals surface area contributed by atoms with Gasteiger partial charge in [0, 0.05) is 6.20 Å². The molecule has 0 unspecified atom stereocenters. The molecule has 0 amide bonds. The number of aromatic nitrogens is 1. The van der Waals surface area contributed by atoms with Crippen molar-refractivity contribution in [2.45, 2.75) is 24.6 Å². The van der Waals surface area contributed by atoms with E-state index in [2.05, 4.69) is 10.3 Å². The predicted molar refractivity (Wildman–Crippen MR) is 121 cm³/mol. The van der Waals surface area contributed by atoms with Crippen LogP contribution in [-0.4, -0.2) is 16.1 Å². The number of nitrogens with one attached hydrogen (secondary N) is 1. The molecule has 5 rings (SSSR count). The summed E-state index contributed by atoms with van der Waals surface area (Å²) >= 11 is 0. The lowest BCUT2D eigenvalue weighted by molar-refractivity contribution is -0.137. The molecule has 3 aromatic carbocycles. The zero-order valence-electron chi connectivity index (χ0n) is 17.8. The number of carboxylic acid groups (broad SMARTS) is 1. The van der Waals surface area contributed by atoms with Crippen molar-refractivity contribution in [3.8, 4) is 11.5 Å². The second kappa shape index (κ2) is 8.06. The molecule has 0 radical (unpaired) electrons. The van der Waals surface area contributed by atoms with Gasteiger partial charge in [-0.2, -0.15) is 13.2 Å². The Morgan fingerprint density at radius 3 is 2.41 bits per heavy atom. The van der Waals surface area contributed by atoms with Crippen molar-refractivity contribution in [1.29, 1.82) is 0 Å². The monoisotopic (exact) mass is 464 g/mol. The fourth-order valence-corrected chi connectivity index (χ4v) is 4.01. The average Bonchev–Trinajstić information content (AvgIpc) is 3.60. The smallest absolute Gasteiger partial charge is 0.416 e. The van der Waals surface area contributed by atoms with E-state index >= 15 is 0 Å². The number of hydrogen-bond acceptors (Lipinski definition) is 4. The van der Waals surface area contributed by atoms with Gasteiger partial charge in [0.15, 0.2) is 0 Å². The lowest BCUT2D eigenvalue weighted by Gasteiger charge is -2.21. The minimum atomic E-state index is -4.47. The van der Waals surface area contributed by atoms with E-state index in [0.29, 0.717) is 17.0 Å². The van der Waals surface area contributed by atoms with Crippen LogP contribution in [0.1, 0.15) is 34.3 Å². The molecule has 1 fully saturated rings. The molecule has 1 aliphatic carbocycles. The number of benzene rings is 3. The summed E-state index contributed by atoms with van der Waals surface area (Å²) in [5.41, 5.74) is -0.0441. The van der Waals surface area contributed by atoms with Crippen LogP contribution in [0, 0.1) is 0 Å². The van der Waals surface area contributed by atoms with E-state index in [0.717, 1.165) is 35.9 Å². The number of alkyl halides is 3. The van der Waals surface area contributed by atoms with Crippen molar-refractivity contribution in [2.24, 2.45) is 0 Å². The summed E-state index contributed by atoms with van der Waals surface area (Å²) in [7, 11) is 0. The zero-order valence-corrected chi connectivity index (χ0v) is 17.8.